The van der Waals surface area contributed by atoms with Gasteiger partial charge in [0.2, 0.25) is 0 Å². The molecule has 0 amide bonds. The van der Waals surface area contributed by atoms with Gasteiger partial charge in [0.15, 0.2) is 0 Å². The molecule has 0 spiro atoms. The molecule has 2 atom stereocenters. The van der Waals surface area contributed by atoms with E-state index in [0.29, 0.717) is 17.4 Å². The maximum atomic E-state index is 11.2. The molecule has 2 rings (SSSR count). The lowest BCUT2D eigenvalue weighted by Crippen LogP contribution is -2.18. The van der Waals surface area contributed by atoms with Crippen molar-refractivity contribution in [2.45, 2.75) is 19.3 Å². The van der Waals surface area contributed by atoms with Gasteiger partial charge < -0.3 is 10.0 Å². The van der Waals surface area contributed by atoms with Crippen molar-refractivity contribution in [3.63, 3.8) is 0 Å². The van der Waals surface area contributed by atoms with Crippen LogP contribution in [0.5, 0.6) is 0 Å². The quantitative estimate of drug-likeness (QED) is 0.871. The zero-order valence-electron chi connectivity index (χ0n) is 10.4. The van der Waals surface area contributed by atoms with Crippen molar-refractivity contribution < 1.29 is 9.90 Å². The number of carbonyl (C=O) groups is 1. The molecule has 1 aromatic rings. The molecule has 1 aliphatic heterocycles. The number of carboxylic acids is 1. The van der Waals surface area contributed by atoms with Crippen LogP contribution < -0.4 is 0 Å². The number of rotatable bonds is 3. The Morgan fingerprint density at radius 3 is 2.76 bits per heavy atom. The van der Waals surface area contributed by atoms with E-state index in [1.54, 1.807) is 12.1 Å². The average Bonchev–Trinajstić information content (AvgIpc) is 2.75. The maximum absolute atomic E-state index is 11.2. The second kappa shape index (κ2) is 4.88. The fourth-order valence-electron chi connectivity index (χ4n) is 2.72. The lowest BCUT2D eigenvalue weighted by Gasteiger charge is -2.21. The topological polar surface area (TPSA) is 40.5 Å². The first-order chi connectivity index (χ1) is 8.09. The fourth-order valence-corrected chi connectivity index (χ4v) is 2.72. The summed E-state index contributed by atoms with van der Waals surface area (Å²) in [5.41, 5.74) is 1.43. The van der Waals surface area contributed by atoms with Gasteiger partial charge in [0.1, 0.15) is 0 Å². The van der Waals surface area contributed by atoms with Crippen molar-refractivity contribution in [1.29, 1.82) is 0 Å². The number of nitrogens with zero attached hydrogens (tertiary/aromatic N) is 1. The molecule has 1 N–H and O–H groups in total. The number of likely N-dealkylation sites (tertiary alicyclic amines) is 1. The molecule has 17 heavy (non-hydrogen) atoms. The lowest BCUT2D eigenvalue weighted by molar-refractivity contribution is 0.0695. The summed E-state index contributed by atoms with van der Waals surface area (Å²) in [6.45, 7) is 4.32. The average molecular weight is 233 g/mol. The largest absolute Gasteiger partial charge is 0.478 e. The second-order valence-electron chi connectivity index (χ2n) is 4.99. The molecule has 0 aliphatic carbocycles. The molecule has 3 nitrogen and oxygen atoms in total. The lowest BCUT2D eigenvalue weighted by atomic mass is 9.84. The summed E-state index contributed by atoms with van der Waals surface area (Å²) in [5.74, 6) is 0.0616. The van der Waals surface area contributed by atoms with E-state index >= 15 is 0 Å². The van der Waals surface area contributed by atoms with Gasteiger partial charge in [-0.1, -0.05) is 25.1 Å². The molecule has 1 aliphatic rings. The molecule has 2 unspecified atom stereocenters. The molecule has 0 bridgehead atoms. The first kappa shape index (κ1) is 12.1. The van der Waals surface area contributed by atoms with Crippen LogP contribution in [0.3, 0.4) is 0 Å². The van der Waals surface area contributed by atoms with E-state index in [1.807, 2.05) is 12.1 Å². The molecular formula is C14H19NO2. The first-order valence-corrected chi connectivity index (χ1v) is 6.10. The predicted octanol–water partition coefficient (Wildman–Crippen LogP) is 2.44. The predicted molar refractivity (Wildman–Crippen MR) is 67.4 cm³/mol. The zero-order valence-corrected chi connectivity index (χ0v) is 10.4. The van der Waals surface area contributed by atoms with E-state index in [9.17, 15) is 9.90 Å². The molecule has 1 fully saturated rings. The highest BCUT2D eigenvalue weighted by molar-refractivity contribution is 5.89. The summed E-state index contributed by atoms with van der Waals surface area (Å²) >= 11 is 0. The first-order valence-electron chi connectivity index (χ1n) is 6.10. The van der Waals surface area contributed by atoms with Gasteiger partial charge in [0, 0.05) is 6.54 Å². The van der Waals surface area contributed by atoms with Gasteiger partial charge in [-0.15, -0.1) is 0 Å². The van der Waals surface area contributed by atoms with Crippen LogP contribution in [0.1, 0.15) is 35.2 Å². The Morgan fingerprint density at radius 2 is 2.18 bits per heavy atom. The van der Waals surface area contributed by atoms with Gasteiger partial charge in [0.05, 0.1) is 5.56 Å². The summed E-state index contributed by atoms with van der Waals surface area (Å²) in [7, 11) is 2.12. The monoisotopic (exact) mass is 233 g/mol. The van der Waals surface area contributed by atoms with Crippen LogP contribution in [0, 0.1) is 5.92 Å². The number of hydrogen-bond donors (Lipinski definition) is 1. The number of carboxylic acid groups (broad SMARTS) is 1. The van der Waals surface area contributed by atoms with Crippen LogP contribution in [-0.4, -0.2) is 36.1 Å². The molecule has 92 valence electrons. The fraction of sp³-hybridized carbons (Fsp3) is 0.500. The number of hydrogen-bond acceptors (Lipinski definition) is 2. The maximum Gasteiger partial charge on any atom is 0.335 e. The Labute approximate surface area is 102 Å². The summed E-state index contributed by atoms with van der Waals surface area (Å²) in [6.07, 6.45) is 1.16. The van der Waals surface area contributed by atoms with Gasteiger partial charge in [-0.2, -0.15) is 0 Å². The molecule has 0 radical (unpaired) electrons. The van der Waals surface area contributed by atoms with E-state index in [1.165, 1.54) is 0 Å². The highest BCUT2D eigenvalue weighted by Gasteiger charge is 2.27. The van der Waals surface area contributed by atoms with Crippen molar-refractivity contribution in [3.8, 4) is 0 Å². The van der Waals surface area contributed by atoms with Crippen LogP contribution in [0.2, 0.25) is 0 Å². The summed E-state index contributed by atoms with van der Waals surface area (Å²) in [4.78, 5) is 13.5. The summed E-state index contributed by atoms with van der Waals surface area (Å²) in [5, 5.41) is 9.20. The normalized spacial score (nSPS) is 22.6. The minimum absolute atomic E-state index is 0.312. The Hall–Kier alpha value is -1.35. The SMILES string of the molecule is CC(c1ccccc1C(=O)O)C1CCN(C)C1. The summed E-state index contributed by atoms with van der Waals surface area (Å²) < 4.78 is 0. The zero-order chi connectivity index (χ0) is 12.4. The van der Waals surface area contributed by atoms with Crippen molar-refractivity contribution in [1.82, 2.24) is 4.90 Å². The van der Waals surface area contributed by atoms with E-state index in [4.69, 9.17) is 0 Å². The molecule has 0 saturated carbocycles. The Kier molecular flexibility index (Phi) is 3.48. The van der Waals surface area contributed by atoms with Crippen molar-refractivity contribution in [3.05, 3.63) is 35.4 Å². The third-order valence-electron chi connectivity index (χ3n) is 3.82. The van der Waals surface area contributed by atoms with E-state index < -0.39 is 5.97 Å². The van der Waals surface area contributed by atoms with Gasteiger partial charge in [-0.05, 0) is 43.5 Å². The number of aromatic carboxylic acids is 1. The highest BCUT2D eigenvalue weighted by Crippen LogP contribution is 2.32. The van der Waals surface area contributed by atoms with Crippen molar-refractivity contribution >= 4 is 5.97 Å². The Bertz CT molecular complexity index is 416. The van der Waals surface area contributed by atoms with Crippen LogP contribution >= 0.6 is 0 Å². The van der Waals surface area contributed by atoms with E-state index in [0.717, 1.165) is 25.1 Å². The standard InChI is InChI=1S/C14H19NO2/c1-10(11-7-8-15(2)9-11)12-5-3-4-6-13(12)14(16)17/h3-6,10-11H,7-9H2,1-2H3,(H,16,17). The van der Waals surface area contributed by atoms with Gasteiger partial charge in [0.25, 0.3) is 0 Å². The van der Waals surface area contributed by atoms with E-state index in [2.05, 4.69) is 18.9 Å². The highest BCUT2D eigenvalue weighted by atomic mass is 16.4. The van der Waals surface area contributed by atoms with Crippen LogP contribution in [0.15, 0.2) is 24.3 Å². The Balaban J connectivity index is 2.24. The smallest absolute Gasteiger partial charge is 0.335 e. The van der Waals surface area contributed by atoms with Gasteiger partial charge in [-0.3, -0.25) is 0 Å². The molecule has 1 heterocycles. The minimum atomic E-state index is -0.821. The third kappa shape index (κ3) is 2.50. The van der Waals surface area contributed by atoms with Crippen LogP contribution in [-0.2, 0) is 0 Å². The van der Waals surface area contributed by atoms with E-state index in [-0.39, 0.29) is 0 Å². The number of benzene rings is 1. The van der Waals surface area contributed by atoms with Gasteiger partial charge in [-0.25, -0.2) is 4.79 Å². The van der Waals surface area contributed by atoms with Gasteiger partial charge >= 0.3 is 5.97 Å². The molecule has 1 saturated heterocycles. The molecule has 1 aromatic carbocycles. The van der Waals surface area contributed by atoms with Crippen LogP contribution in [0.25, 0.3) is 0 Å². The van der Waals surface area contributed by atoms with Crippen LogP contribution in [0.4, 0.5) is 0 Å². The van der Waals surface area contributed by atoms with Crippen molar-refractivity contribution in [2.24, 2.45) is 5.92 Å². The van der Waals surface area contributed by atoms with Crippen molar-refractivity contribution in [2.75, 3.05) is 20.1 Å². The minimum Gasteiger partial charge on any atom is -0.478 e. The second-order valence-corrected chi connectivity index (χ2v) is 4.99. The Morgan fingerprint density at radius 1 is 1.47 bits per heavy atom. The molecule has 3 heteroatoms. The molecular weight excluding hydrogens is 214 g/mol. The molecule has 0 aromatic heterocycles. The third-order valence-corrected chi connectivity index (χ3v) is 3.82. The summed E-state index contributed by atoms with van der Waals surface area (Å²) in [6, 6.07) is 7.37.